The third-order valence-electron chi connectivity index (χ3n) is 5.52. The Labute approximate surface area is 251 Å². The van der Waals surface area contributed by atoms with E-state index in [4.69, 9.17) is 55.9 Å². The predicted molar refractivity (Wildman–Crippen MR) is 158 cm³/mol. The van der Waals surface area contributed by atoms with Gasteiger partial charge in [-0.05, 0) is 79.6 Å². The second kappa shape index (κ2) is 14.3. The van der Waals surface area contributed by atoms with Crippen molar-refractivity contribution in [3.63, 3.8) is 0 Å². The highest BCUT2D eigenvalue weighted by molar-refractivity contribution is 6.35. The predicted octanol–water partition coefficient (Wildman–Crippen LogP) is 9.06. The first-order valence-electron chi connectivity index (χ1n) is 11.8. The lowest BCUT2D eigenvalue weighted by molar-refractivity contribution is 0.0690. The SMILES string of the molecule is CC(=O)c1cccc(O)c1C.O=C(O)c1cccc(OCc2cc(Cl)cc(Cl)c2)c1OCc1cc(Cl)cc(Cl)c1. The summed E-state index contributed by atoms with van der Waals surface area (Å²) in [6, 6.07) is 19.6. The standard InChI is InChI=1S/C21H14Cl4O4.C9H10O2/c22-14-4-12(5-15(23)8-14)10-28-19-3-1-2-18(21(26)27)20(19)29-11-13-6-16(24)9-17(25)7-13;1-6-8(7(2)10)4-3-5-9(6)11/h1-9H,10-11H2,(H,26,27);3-5,11H,1-2H3. The van der Waals surface area contributed by atoms with Gasteiger partial charge in [-0.2, -0.15) is 0 Å². The van der Waals surface area contributed by atoms with Crippen LogP contribution in [-0.2, 0) is 13.2 Å². The normalized spacial score (nSPS) is 10.3. The van der Waals surface area contributed by atoms with E-state index >= 15 is 0 Å². The van der Waals surface area contributed by atoms with Crippen molar-refractivity contribution in [3.05, 3.63) is 121 Å². The Kier molecular flexibility index (Phi) is 11.1. The summed E-state index contributed by atoms with van der Waals surface area (Å²) in [6.45, 7) is 3.40. The fourth-order valence-electron chi connectivity index (χ4n) is 3.66. The van der Waals surface area contributed by atoms with Crippen LogP contribution in [-0.4, -0.2) is 22.0 Å². The number of Topliss-reactive ketones (excluding diaryl/α,β-unsaturated/α-hetero) is 1. The minimum absolute atomic E-state index is 0.0154. The maximum atomic E-state index is 11.6. The van der Waals surface area contributed by atoms with E-state index in [1.54, 1.807) is 73.7 Å². The zero-order valence-electron chi connectivity index (χ0n) is 21.4. The monoisotopic (exact) mass is 620 g/mol. The lowest BCUT2D eigenvalue weighted by Gasteiger charge is -2.15. The molecule has 0 spiro atoms. The van der Waals surface area contributed by atoms with Crippen molar-refractivity contribution in [2.45, 2.75) is 27.1 Å². The molecule has 4 aromatic carbocycles. The molecule has 0 bridgehead atoms. The first kappa shape index (κ1) is 31.1. The molecule has 0 heterocycles. The van der Waals surface area contributed by atoms with Crippen LogP contribution < -0.4 is 9.47 Å². The molecule has 0 aliphatic rings. The molecular formula is C30H24Cl4O6. The Morgan fingerprint density at radius 3 is 1.68 bits per heavy atom. The van der Waals surface area contributed by atoms with E-state index in [1.807, 2.05) is 0 Å². The summed E-state index contributed by atoms with van der Waals surface area (Å²) in [5.41, 5.74) is 2.64. The topological polar surface area (TPSA) is 93.1 Å². The molecular weight excluding hydrogens is 598 g/mol. The molecule has 208 valence electrons. The number of carboxylic acid groups (broad SMARTS) is 1. The maximum absolute atomic E-state index is 11.6. The van der Waals surface area contributed by atoms with Crippen molar-refractivity contribution >= 4 is 58.2 Å². The van der Waals surface area contributed by atoms with E-state index in [2.05, 4.69) is 0 Å². The smallest absolute Gasteiger partial charge is 0.339 e. The van der Waals surface area contributed by atoms with E-state index in [9.17, 15) is 19.8 Å². The van der Waals surface area contributed by atoms with Gasteiger partial charge in [0.2, 0.25) is 0 Å². The zero-order valence-corrected chi connectivity index (χ0v) is 24.4. The van der Waals surface area contributed by atoms with E-state index in [0.717, 1.165) is 5.56 Å². The van der Waals surface area contributed by atoms with E-state index in [0.29, 0.717) is 36.8 Å². The number of rotatable bonds is 8. The van der Waals surface area contributed by atoms with Crippen LogP contribution in [0.15, 0.2) is 72.8 Å². The molecule has 0 saturated heterocycles. The number of aromatic hydroxyl groups is 1. The molecule has 4 aromatic rings. The van der Waals surface area contributed by atoms with Crippen LogP contribution >= 0.6 is 46.4 Å². The van der Waals surface area contributed by atoms with Crippen LogP contribution in [0.1, 0.15) is 44.3 Å². The number of hydrogen-bond donors (Lipinski definition) is 2. The molecule has 0 saturated carbocycles. The Morgan fingerprint density at radius 2 is 1.20 bits per heavy atom. The second-order valence-electron chi connectivity index (χ2n) is 8.58. The lowest BCUT2D eigenvalue weighted by atomic mass is 10.1. The number of carbonyl (C=O) groups excluding carboxylic acids is 1. The Balaban J connectivity index is 0.000000336. The number of hydrogen-bond acceptors (Lipinski definition) is 5. The summed E-state index contributed by atoms with van der Waals surface area (Å²) in [5, 5.41) is 20.6. The van der Waals surface area contributed by atoms with Gasteiger partial charge in [0.05, 0.1) is 0 Å². The molecule has 0 radical (unpaired) electrons. The van der Waals surface area contributed by atoms with Crippen LogP contribution in [0.5, 0.6) is 17.2 Å². The van der Waals surface area contributed by atoms with Gasteiger partial charge >= 0.3 is 5.97 Å². The molecule has 40 heavy (non-hydrogen) atoms. The van der Waals surface area contributed by atoms with Crippen LogP contribution in [0.25, 0.3) is 0 Å². The highest BCUT2D eigenvalue weighted by Gasteiger charge is 2.17. The molecule has 6 nitrogen and oxygen atoms in total. The summed E-state index contributed by atoms with van der Waals surface area (Å²) >= 11 is 24.0. The number of carboxylic acids is 1. The van der Waals surface area contributed by atoms with Crippen LogP contribution in [0.2, 0.25) is 20.1 Å². The second-order valence-corrected chi connectivity index (χ2v) is 10.3. The average molecular weight is 622 g/mol. The third-order valence-corrected chi connectivity index (χ3v) is 6.39. The molecule has 0 amide bonds. The fraction of sp³-hybridized carbons (Fsp3) is 0.133. The van der Waals surface area contributed by atoms with Crippen LogP contribution in [0.3, 0.4) is 0 Å². The van der Waals surface area contributed by atoms with Gasteiger partial charge in [0.1, 0.15) is 24.5 Å². The Morgan fingerprint density at radius 1 is 0.725 bits per heavy atom. The molecule has 0 aliphatic heterocycles. The number of carbonyl (C=O) groups is 2. The Bertz CT molecular complexity index is 1500. The summed E-state index contributed by atoms with van der Waals surface area (Å²) in [4.78, 5) is 22.6. The van der Waals surface area contributed by atoms with Crippen LogP contribution in [0.4, 0.5) is 0 Å². The highest BCUT2D eigenvalue weighted by atomic mass is 35.5. The number of benzene rings is 4. The van der Waals surface area contributed by atoms with Gasteiger partial charge in [0.25, 0.3) is 0 Å². The molecule has 0 fully saturated rings. The lowest BCUT2D eigenvalue weighted by Crippen LogP contribution is -2.06. The Hall–Kier alpha value is -3.42. The van der Waals surface area contributed by atoms with Gasteiger partial charge in [-0.3, -0.25) is 4.79 Å². The van der Waals surface area contributed by atoms with Gasteiger partial charge in [0.15, 0.2) is 17.3 Å². The molecule has 2 N–H and O–H groups in total. The van der Waals surface area contributed by atoms with Crippen LogP contribution in [0, 0.1) is 6.92 Å². The fourth-order valence-corrected chi connectivity index (χ4v) is 4.80. The number of aromatic carboxylic acids is 1. The highest BCUT2D eigenvalue weighted by Crippen LogP contribution is 2.34. The molecule has 4 rings (SSSR count). The van der Waals surface area contributed by atoms with Crippen molar-refractivity contribution in [2.24, 2.45) is 0 Å². The van der Waals surface area contributed by atoms with Gasteiger partial charge in [-0.1, -0.05) is 64.6 Å². The van der Waals surface area contributed by atoms with E-state index in [1.165, 1.54) is 13.0 Å². The zero-order chi connectivity index (χ0) is 29.4. The summed E-state index contributed by atoms with van der Waals surface area (Å²) in [5.74, 6) is -0.602. The van der Waals surface area contributed by atoms with Gasteiger partial charge in [-0.25, -0.2) is 4.79 Å². The van der Waals surface area contributed by atoms with Crippen molar-refractivity contribution in [3.8, 4) is 17.2 Å². The number of ketones is 1. The van der Waals surface area contributed by atoms with E-state index in [-0.39, 0.29) is 41.8 Å². The minimum atomic E-state index is -1.14. The summed E-state index contributed by atoms with van der Waals surface area (Å²) in [7, 11) is 0. The first-order valence-corrected chi connectivity index (χ1v) is 13.3. The summed E-state index contributed by atoms with van der Waals surface area (Å²) < 4.78 is 11.6. The number of phenols is 1. The summed E-state index contributed by atoms with van der Waals surface area (Å²) in [6.07, 6.45) is 0. The molecule has 0 aliphatic carbocycles. The first-order chi connectivity index (χ1) is 18.9. The van der Waals surface area contributed by atoms with E-state index < -0.39 is 5.97 Å². The maximum Gasteiger partial charge on any atom is 0.339 e. The van der Waals surface area contributed by atoms with Gasteiger partial charge < -0.3 is 19.7 Å². The van der Waals surface area contributed by atoms with Crippen molar-refractivity contribution < 1.29 is 29.3 Å². The van der Waals surface area contributed by atoms with Gasteiger partial charge in [0, 0.05) is 31.2 Å². The number of phenolic OH excluding ortho intramolecular Hbond substituents is 1. The molecule has 0 atom stereocenters. The average Bonchev–Trinajstić information content (AvgIpc) is 2.87. The van der Waals surface area contributed by atoms with Gasteiger partial charge in [-0.15, -0.1) is 0 Å². The number of halogens is 4. The molecule has 0 unspecified atom stereocenters. The minimum Gasteiger partial charge on any atom is -0.508 e. The third kappa shape index (κ3) is 8.80. The van der Waals surface area contributed by atoms with Crippen molar-refractivity contribution in [1.29, 1.82) is 0 Å². The number of ether oxygens (including phenoxy) is 2. The molecule has 10 heteroatoms. The quantitative estimate of drug-likeness (QED) is 0.191. The van der Waals surface area contributed by atoms with Crippen molar-refractivity contribution in [1.82, 2.24) is 0 Å². The largest absolute Gasteiger partial charge is 0.508 e. The van der Waals surface area contributed by atoms with Crippen molar-refractivity contribution in [2.75, 3.05) is 0 Å². The number of para-hydroxylation sites is 1. The molecule has 0 aromatic heterocycles.